The molecule has 0 aromatic heterocycles. The van der Waals surface area contributed by atoms with E-state index in [9.17, 15) is 0 Å². The molecule has 0 aliphatic heterocycles. The van der Waals surface area contributed by atoms with E-state index in [0.717, 1.165) is 37.2 Å². The van der Waals surface area contributed by atoms with Gasteiger partial charge < -0.3 is 15.2 Å². The van der Waals surface area contributed by atoms with Crippen molar-refractivity contribution >= 4 is 0 Å². The molecule has 2 aromatic rings. The van der Waals surface area contributed by atoms with Gasteiger partial charge in [-0.3, -0.25) is 0 Å². The summed E-state index contributed by atoms with van der Waals surface area (Å²) < 4.78 is 10.8. The fourth-order valence-corrected chi connectivity index (χ4v) is 3.72. The Labute approximate surface area is 144 Å². The number of aryl methyl sites for hydroxylation is 1. The van der Waals surface area contributed by atoms with Gasteiger partial charge in [0.2, 0.25) is 0 Å². The molecule has 1 aliphatic carbocycles. The maximum absolute atomic E-state index is 6.39. The fourth-order valence-electron chi connectivity index (χ4n) is 3.72. The molecule has 2 unspecified atom stereocenters. The van der Waals surface area contributed by atoms with Gasteiger partial charge in [-0.15, -0.1) is 0 Å². The van der Waals surface area contributed by atoms with Crippen LogP contribution in [-0.4, -0.2) is 14.2 Å². The van der Waals surface area contributed by atoms with E-state index in [1.54, 1.807) is 14.2 Å². The van der Waals surface area contributed by atoms with E-state index in [4.69, 9.17) is 15.2 Å². The Bertz CT molecular complexity index is 711. The highest BCUT2D eigenvalue weighted by molar-refractivity contribution is 5.44. The van der Waals surface area contributed by atoms with E-state index < -0.39 is 0 Å². The van der Waals surface area contributed by atoms with Gasteiger partial charge in [-0.2, -0.15) is 0 Å². The number of ether oxygens (including phenoxy) is 2. The lowest BCUT2D eigenvalue weighted by molar-refractivity contribution is 0.412. The first-order valence-corrected chi connectivity index (χ1v) is 8.75. The number of methoxy groups -OCH3 is 2. The molecule has 0 amide bonds. The summed E-state index contributed by atoms with van der Waals surface area (Å²) in [7, 11) is 3.43. The quantitative estimate of drug-likeness (QED) is 0.887. The van der Waals surface area contributed by atoms with Crippen molar-refractivity contribution in [3.05, 3.63) is 58.7 Å². The van der Waals surface area contributed by atoms with Gasteiger partial charge in [-0.05, 0) is 78.1 Å². The van der Waals surface area contributed by atoms with Gasteiger partial charge in [0.15, 0.2) is 0 Å². The summed E-state index contributed by atoms with van der Waals surface area (Å²) in [6.45, 7) is 2.14. The van der Waals surface area contributed by atoms with Crippen LogP contribution in [0.3, 0.4) is 0 Å². The van der Waals surface area contributed by atoms with E-state index in [-0.39, 0.29) is 6.04 Å². The summed E-state index contributed by atoms with van der Waals surface area (Å²) in [5.41, 5.74) is 11.8. The maximum atomic E-state index is 6.39. The molecule has 0 heterocycles. The molecule has 0 saturated heterocycles. The van der Waals surface area contributed by atoms with Crippen molar-refractivity contribution in [2.75, 3.05) is 14.2 Å². The minimum absolute atomic E-state index is 0.0624. The second-order valence-corrected chi connectivity index (χ2v) is 6.58. The third kappa shape index (κ3) is 3.27. The molecule has 0 radical (unpaired) electrons. The Hall–Kier alpha value is -2.00. The van der Waals surface area contributed by atoms with Crippen LogP contribution in [0.4, 0.5) is 0 Å². The molecule has 0 fully saturated rings. The van der Waals surface area contributed by atoms with Crippen molar-refractivity contribution in [2.45, 2.75) is 44.6 Å². The second-order valence-electron chi connectivity index (χ2n) is 6.58. The van der Waals surface area contributed by atoms with Gasteiger partial charge in [0.05, 0.1) is 14.2 Å². The van der Waals surface area contributed by atoms with Crippen LogP contribution in [0.2, 0.25) is 0 Å². The lowest BCUT2D eigenvalue weighted by atomic mass is 9.77. The number of hydrogen-bond acceptors (Lipinski definition) is 3. The molecule has 3 rings (SSSR count). The second kappa shape index (κ2) is 7.27. The van der Waals surface area contributed by atoms with Gasteiger partial charge in [0.1, 0.15) is 11.5 Å². The SMILES string of the molecule is CCC(N)c1cc(OC)ccc1C1CCc2cc(OC)ccc2C1. The topological polar surface area (TPSA) is 44.5 Å². The van der Waals surface area contributed by atoms with Crippen LogP contribution < -0.4 is 15.2 Å². The molecule has 2 aromatic carbocycles. The first kappa shape index (κ1) is 16.8. The van der Waals surface area contributed by atoms with E-state index in [1.165, 1.54) is 22.3 Å². The van der Waals surface area contributed by atoms with E-state index in [1.807, 2.05) is 0 Å². The summed E-state index contributed by atoms with van der Waals surface area (Å²) >= 11 is 0. The van der Waals surface area contributed by atoms with E-state index >= 15 is 0 Å². The zero-order valence-corrected chi connectivity index (χ0v) is 14.8. The average molecular weight is 325 g/mol. The lowest BCUT2D eigenvalue weighted by Gasteiger charge is -2.28. The van der Waals surface area contributed by atoms with Crippen LogP contribution in [0, 0.1) is 0 Å². The molecular formula is C21H27NO2. The zero-order chi connectivity index (χ0) is 17.1. The van der Waals surface area contributed by atoms with Gasteiger partial charge >= 0.3 is 0 Å². The van der Waals surface area contributed by atoms with Crippen LogP contribution in [0.5, 0.6) is 11.5 Å². The number of benzene rings is 2. The lowest BCUT2D eigenvalue weighted by Crippen LogP contribution is -2.18. The van der Waals surface area contributed by atoms with Gasteiger partial charge in [-0.25, -0.2) is 0 Å². The molecule has 0 bridgehead atoms. The molecule has 1 aliphatic rings. The first-order chi connectivity index (χ1) is 11.7. The Kier molecular flexibility index (Phi) is 5.10. The van der Waals surface area contributed by atoms with Gasteiger partial charge in [-0.1, -0.05) is 19.1 Å². The summed E-state index contributed by atoms with van der Waals surface area (Å²) in [5.74, 6) is 2.35. The monoisotopic (exact) mass is 325 g/mol. The molecule has 0 saturated carbocycles. The molecule has 3 nitrogen and oxygen atoms in total. The number of hydrogen-bond donors (Lipinski definition) is 1. The minimum Gasteiger partial charge on any atom is -0.497 e. The van der Waals surface area contributed by atoms with Crippen molar-refractivity contribution in [1.29, 1.82) is 0 Å². The highest BCUT2D eigenvalue weighted by atomic mass is 16.5. The molecule has 3 heteroatoms. The maximum Gasteiger partial charge on any atom is 0.119 e. The van der Waals surface area contributed by atoms with Crippen LogP contribution in [0.1, 0.15) is 54.0 Å². The number of fused-ring (bicyclic) bond motifs is 1. The third-order valence-electron chi connectivity index (χ3n) is 5.21. The zero-order valence-electron chi connectivity index (χ0n) is 14.8. The fraction of sp³-hybridized carbons (Fsp3) is 0.429. The molecule has 0 spiro atoms. The van der Waals surface area contributed by atoms with E-state index in [0.29, 0.717) is 5.92 Å². The highest BCUT2D eigenvalue weighted by Gasteiger charge is 2.24. The largest absolute Gasteiger partial charge is 0.497 e. The molecular weight excluding hydrogens is 298 g/mol. The Morgan fingerprint density at radius 3 is 2.46 bits per heavy atom. The first-order valence-electron chi connectivity index (χ1n) is 8.75. The third-order valence-corrected chi connectivity index (χ3v) is 5.21. The Morgan fingerprint density at radius 1 is 1.04 bits per heavy atom. The predicted molar refractivity (Wildman–Crippen MR) is 98.0 cm³/mol. The average Bonchev–Trinajstić information content (AvgIpc) is 2.65. The smallest absolute Gasteiger partial charge is 0.119 e. The Morgan fingerprint density at radius 2 is 1.75 bits per heavy atom. The summed E-state index contributed by atoms with van der Waals surface area (Å²) in [6.07, 6.45) is 4.23. The van der Waals surface area contributed by atoms with Crippen LogP contribution >= 0.6 is 0 Å². The molecule has 128 valence electrons. The molecule has 2 atom stereocenters. The summed E-state index contributed by atoms with van der Waals surface area (Å²) in [5, 5.41) is 0. The van der Waals surface area contributed by atoms with Gasteiger partial charge in [0, 0.05) is 6.04 Å². The number of nitrogens with two attached hydrogens (primary N) is 1. The van der Waals surface area contributed by atoms with Crippen molar-refractivity contribution in [1.82, 2.24) is 0 Å². The van der Waals surface area contributed by atoms with Crippen molar-refractivity contribution in [2.24, 2.45) is 5.73 Å². The standard InChI is InChI=1S/C21H27NO2/c1-4-21(22)20-13-18(24-3)9-10-19(20)16-6-5-15-12-17(23-2)8-7-14(15)11-16/h7-10,12-13,16,21H,4-6,11,22H2,1-3H3. The summed E-state index contributed by atoms with van der Waals surface area (Å²) in [4.78, 5) is 0. The van der Waals surface area contributed by atoms with Crippen LogP contribution in [0.15, 0.2) is 36.4 Å². The van der Waals surface area contributed by atoms with Crippen molar-refractivity contribution < 1.29 is 9.47 Å². The molecule has 2 N–H and O–H groups in total. The molecule has 24 heavy (non-hydrogen) atoms. The number of rotatable bonds is 5. The van der Waals surface area contributed by atoms with Crippen molar-refractivity contribution in [3.8, 4) is 11.5 Å². The minimum atomic E-state index is 0.0624. The van der Waals surface area contributed by atoms with Crippen LogP contribution in [-0.2, 0) is 12.8 Å². The Balaban J connectivity index is 1.92. The van der Waals surface area contributed by atoms with Crippen molar-refractivity contribution in [3.63, 3.8) is 0 Å². The highest BCUT2D eigenvalue weighted by Crippen LogP contribution is 2.38. The van der Waals surface area contributed by atoms with Crippen LogP contribution in [0.25, 0.3) is 0 Å². The van der Waals surface area contributed by atoms with Gasteiger partial charge in [0.25, 0.3) is 0 Å². The predicted octanol–water partition coefficient (Wildman–Crippen LogP) is 4.39. The summed E-state index contributed by atoms with van der Waals surface area (Å²) in [6, 6.07) is 12.9. The normalized spacial score (nSPS) is 17.9. The van der Waals surface area contributed by atoms with E-state index in [2.05, 4.69) is 43.3 Å².